The van der Waals surface area contributed by atoms with Crippen LogP contribution in [0.2, 0.25) is 5.02 Å². The van der Waals surface area contributed by atoms with Gasteiger partial charge in [0.05, 0.1) is 12.1 Å². The highest BCUT2D eigenvalue weighted by atomic mass is 35.5. The highest BCUT2D eigenvalue weighted by Crippen LogP contribution is 2.26. The predicted molar refractivity (Wildman–Crippen MR) is 95.9 cm³/mol. The van der Waals surface area contributed by atoms with Crippen LogP contribution >= 0.6 is 22.9 Å². The maximum absolute atomic E-state index is 12.2. The van der Waals surface area contributed by atoms with Crippen molar-refractivity contribution < 1.29 is 4.79 Å². The van der Waals surface area contributed by atoms with E-state index in [0.29, 0.717) is 17.5 Å². The van der Waals surface area contributed by atoms with Crippen molar-refractivity contribution in [1.82, 2.24) is 10.3 Å². The van der Waals surface area contributed by atoms with Crippen LogP contribution in [0.1, 0.15) is 44.2 Å². The van der Waals surface area contributed by atoms with Gasteiger partial charge in [-0.25, -0.2) is 4.98 Å². The number of amides is 1. The summed E-state index contributed by atoms with van der Waals surface area (Å²) < 4.78 is 0. The van der Waals surface area contributed by atoms with E-state index in [0.717, 1.165) is 29.1 Å². The quantitative estimate of drug-likeness (QED) is 0.803. The highest BCUT2D eigenvalue weighted by molar-refractivity contribution is 7.13. The summed E-state index contributed by atoms with van der Waals surface area (Å²) in [7, 11) is 0. The molecule has 1 aromatic heterocycles. The van der Waals surface area contributed by atoms with Gasteiger partial charge in [0.15, 0.2) is 0 Å². The lowest BCUT2D eigenvalue weighted by Gasteiger charge is -2.15. The second-order valence-electron chi connectivity index (χ2n) is 6.09. The average Bonchev–Trinajstić information content (AvgIpc) is 2.83. The van der Waals surface area contributed by atoms with Gasteiger partial charge in [-0.05, 0) is 25.0 Å². The molecule has 1 saturated carbocycles. The van der Waals surface area contributed by atoms with Crippen LogP contribution in [-0.2, 0) is 11.2 Å². The Labute approximate surface area is 146 Å². The van der Waals surface area contributed by atoms with Crippen molar-refractivity contribution in [2.45, 2.75) is 51.0 Å². The molecule has 2 aromatic rings. The van der Waals surface area contributed by atoms with Crippen LogP contribution in [0.4, 0.5) is 0 Å². The smallest absolute Gasteiger partial charge is 0.226 e. The van der Waals surface area contributed by atoms with Gasteiger partial charge in [0.2, 0.25) is 5.91 Å². The second-order valence-corrected chi connectivity index (χ2v) is 7.38. The lowest BCUT2D eigenvalue weighted by Crippen LogP contribution is -2.35. The number of hydrogen-bond acceptors (Lipinski definition) is 3. The fourth-order valence-electron chi connectivity index (χ4n) is 3.01. The summed E-state index contributed by atoms with van der Waals surface area (Å²) in [5, 5.41) is 6.74. The third-order valence-electron chi connectivity index (χ3n) is 4.19. The number of halogens is 1. The topological polar surface area (TPSA) is 42.0 Å². The molecule has 5 heteroatoms. The maximum atomic E-state index is 12.2. The van der Waals surface area contributed by atoms with E-state index < -0.39 is 0 Å². The van der Waals surface area contributed by atoms with Gasteiger partial charge < -0.3 is 5.32 Å². The summed E-state index contributed by atoms with van der Waals surface area (Å²) in [4.78, 5) is 16.8. The van der Waals surface area contributed by atoms with E-state index >= 15 is 0 Å². The van der Waals surface area contributed by atoms with Gasteiger partial charge in [0.1, 0.15) is 5.01 Å². The van der Waals surface area contributed by atoms with Crippen LogP contribution < -0.4 is 5.32 Å². The van der Waals surface area contributed by atoms with E-state index in [4.69, 9.17) is 11.6 Å². The zero-order valence-electron chi connectivity index (χ0n) is 13.1. The van der Waals surface area contributed by atoms with E-state index in [1.165, 1.54) is 25.7 Å². The molecule has 0 atom stereocenters. The Morgan fingerprint density at radius 3 is 2.78 bits per heavy atom. The van der Waals surface area contributed by atoms with Crippen LogP contribution in [0.25, 0.3) is 10.6 Å². The maximum Gasteiger partial charge on any atom is 0.226 e. The van der Waals surface area contributed by atoms with E-state index in [1.807, 2.05) is 29.6 Å². The second kappa shape index (κ2) is 7.93. The number of thiazole rings is 1. The first-order valence-corrected chi connectivity index (χ1v) is 9.46. The molecule has 0 bridgehead atoms. The van der Waals surface area contributed by atoms with Gasteiger partial charge in [-0.2, -0.15) is 0 Å². The number of carbonyl (C=O) groups excluding carboxylic acids is 1. The Morgan fingerprint density at radius 1 is 1.26 bits per heavy atom. The molecule has 1 fully saturated rings. The van der Waals surface area contributed by atoms with Crippen molar-refractivity contribution in [3.8, 4) is 10.6 Å². The number of hydrogen-bond donors (Lipinski definition) is 1. The van der Waals surface area contributed by atoms with Crippen LogP contribution in [-0.4, -0.2) is 16.9 Å². The fourth-order valence-corrected chi connectivity index (χ4v) is 4.02. The van der Waals surface area contributed by atoms with E-state index in [-0.39, 0.29) is 5.91 Å². The third kappa shape index (κ3) is 4.79. The third-order valence-corrected chi connectivity index (χ3v) is 5.36. The Hall–Kier alpha value is -1.39. The lowest BCUT2D eigenvalue weighted by molar-refractivity contribution is -0.121. The van der Waals surface area contributed by atoms with Gasteiger partial charge in [0, 0.05) is 22.0 Å². The summed E-state index contributed by atoms with van der Waals surface area (Å²) in [6.45, 7) is 0. The summed E-state index contributed by atoms with van der Waals surface area (Å²) in [6, 6.07) is 7.99. The number of aromatic nitrogens is 1. The van der Waals surface area contributed by atoms with E-state index in [2.05, 4.69) is 10.3 Å². The highest BCUT2D eigenvalue weighted by Gasteiger charge is 2.16. The first kappa shape index (κ1) is 16.5. The summed E-state index contributed by atoms with van der Waals surface area (Å²) >= 11 is 7.57. The molecule has 122 valence electrons. The van der Waals surface area contributed by atoms with Crippen molar-refractivity contribution in [1.29, 1.82) is 0 Å². The van der Waals surface area contributed by atoms with Gasteiger partial charge in [-0.3, -0.25) is 4.79 Å². The van der Waals surface area contributed by atoms with Crippen molar-refractivity contribution in [3.05, 3.63) is 40.4 Å². The number of benzene rings is 1. The number of carbonyl (C=O) groups is 1. The first-order chi connectivity index (χ1) is 11.2. The van der Waals surface area contributed by atoms with Crippen LogP contribution in [0.3, 0.4) is 0 Å². The first-order valence-electron chi connectivity index (χ1n) is 8.20. The molecule has 23 heavy (non-hydrogen) atoms. The van der Waals surface area contributed by atoms with Gasteiger partial charge in [-0.15, -0.1) is 11.3 Å². The summed E-state index contributed by atoms with van der Waals surface area (Å²) in [5.41, 5.74) is 1.83. The van der Waals surface area contributed by atoms with E-state index in [1.54, 1.807) is 11.3 Å². The Balaban J connectivity index is 1.59. The molecule has 1 aliphatic carbocycles. The zero-order valence-corrected chi connectivity index (χ0v) is 14.6. The largest absolute Gasteiger partial charge is 0.353 e. The molecule has 0 unspecified atom stereocenters. The van der Waals surface area contributed by atoms with Crippen molar-refractivity contribution in [2.24, 2.45) is 0 Å². The SMILES string of the molecule is O=C(Cc1csc(-c2cccc(Cl)c2)n1)NC1CCCCCC1. The predicted octanol–water partition coefficient (Wildman–Crippen LogP) is 4.85. The van der Waals surface area contributed by atoms with Crippen molar-refractivity contribution in [2.75, 3.05) is 0 Å². The molecule has 0 spiro atoms. The summed E-state index contributed by atoms with van der Waals surface area (Å²) in [5.74, 6) is 0.0832. The Kier molecular flexibility index (Phi) is 5.68. The molecule has 1 heterocycles. The Bertz CT molecular complexity index is 663. The van der Waals surface area contributed by atoms with Gasteiger partial charge in [-0.1, -0.05) is 49.4 Å². The molecule has 1 aromatic carbocycles. The fraction of sp³-hybridized carbons (Fsp3) is 0.444. The minimum Gasteiger partial charge on any atom is -0.353 e. The minimum atomic E-state index is 0.0832. The van der Waals surface area contributed by atoms with Crippen LogP contribution in [0.5, 0.6) is 0 Å². The normalized spacial score (nSPS) is 16.0. The van der Waals surface area contributed by atoms with Crippen molar-refractivity contribution in [3.63, 3.8) is 0 Å². The van der Waals surface area contributed by atoms with Gasteiger partial charge >= 0.3 is 0 Å². The molecule has 0 radical (unpaired) electrons. The standard InChI is InChI=1S/C18H21ClN2OS/c19-14-7-5-6-13(10-14)18-21-16(12-23-18)11-17(22)20-15-8-3-1-2-4-9-15/h5-7,10,12,15H,1-4,8-9,11H2,(H,20,22). The minimum absolute atomic E-state index is 0.0832. The molecular weight excluding hydrogens is 328 g/mol. The number of nitrogens with one attached hydrogen (secondary N) is 1. The average molecular weight is 349 g/mol. The monoisotopic (exact) mass is 348 g/mol. The van der Waals surface area contributed by atoms with Crippen LogP contribution in [0, 0.1) is 0 Å². The van der Waals surface area contributed by atoms with Crippen molar-refractivity contribution >= 4 is 28.8 Å². The Morgan fingerprint density at radius 2 is 2.04 bits per heavy atom. The number of nitrogens with zero attached hydrogens (tertiary/aromatic N) is 1. The summed E-state index contributed by atoms with van der Waals surface area (Å²) in [6.07, 6.45) is 7.60. The molecule has 3 rings (SSSR count). The molecule has 1 N–H and O–H groups in total. The molecule has 1 aliphatic rings. The van der Waals surface area contributed by atoms with E-state index in [9.17, 15) is 4.79 Å². The van der Waals surface area contributed by atoms with Crippen LogP contribution in [0.15, 0.2) is 29.6 Å². The molecule has 1 amide bonds. The number of rotatable bonds is 4. The van der Waals surface area contributed by atoms with Gasteiger partial charge in [0.25, 0.3) is 0 Å². The molecular formula is C18H21ClN2OS. The molecule has 0 saturated heterocycles. The molecule has 0 aliphatic heterocycles. The lowest BCUT2D eigenvalue weighted by atomic mass is 10.1. The molecule has 3 nitrogen and oxygen atoms in total. The zero-order chi connectivity index (χ0) is 16.1.